The molecule has 1 heterocycles. The number of carbonyl (C=O) groups is 1. The van der Waals surface area contributed by atoms with Gasteiger partial charge in [-0.15, -0.1) is 12.4 Å². The van der Waals surface area contributed by atoms with E-state index in [-0.39, 0.29) is 23.9 Å². The van der Waals surface area contributed by atoms with E-state index in [0.29, 0.717) is 6.54 Å². The molecule has 0 aliphatic carbocycles. The SMILES string of the molecule is Cc1ccc(CNC(=O)C2(C)CCCCN2)cc1.Cl. The largest absolute Gasteiger partial charge is 0.350 e. The first-order chi connectivity index (χ1) is 8.60. The van der Waals surface area contributed by atoms with E-state index in [9.17, 15) is 4.79 Å². The van der Waals surface area contributed by atoms with Gasteiger partial charge in [-0.2, -0.15) is 0 Å². The van der Waals surface area contributed by atoms with Gasteiger partial charge in [0.15, 0.2) is 0 Å². The summed E-state index contributed by atoms with van der Waals surface area (Å²) in [6.45, 7) is 5.61. The lowest BCUT2D eigenvalue weighted by atomic mass is 9.90. The summed E-state index contributed by atoms with van der Waals surface area (Å²) in [5, 5.41) is 6.36. The number of carbonyl (C=O) groups excluding carboxylic acids is 1. The summed E-state index contributed by atoms with van der Waals surface area (Å²) in [4.78, 5) is 12.2. The number of hydrogen-bond donors (Lipinski definition) is 2. The fraction of sp³-hybridized carbons (Fsp3) is 0.533. The van der Waals surface area contributed by atoms with Crippen LogP contribution in [0.3, 0.4) is 0 Å². The number of benzene rings is 1. The molecule has 19 heavy (non-hydrogen) atoms. The Kier molecular flexibility index (Phi) is 5.83. The van der Waals surface area contributed by atoms with Gasteiger partial charge in [0.05, 0.1) is 5.54 Å². The number of nitrogens with one attached hydrogen (secondary N) is 2. The van der Waals surface area contributed by atoms with Gasteiger partial charge in [-0.1, -0.05) is 29.8 Å². The Morgan fingerprint density at radius 3 is 2.58 bits per heavy atom. The van der Waals surface area contributed by atoms with Crippen LogP contribution in [0.15, 0.2) is 24.3 Å². The summed E-state index contributed by atoms with van der Waals surface area (Å²) < 4.78 is 0. The van der Waals surface area contributed by atoms with Crippen molar-refractivity contribution in [3.63, 3.8) is 0 Å². The first-order valence-corrected chi connectivity index (χ1v) is 6.69. The Morgan fingerprint density at radius 2 is 2.00 bits per heavy atom. The van der Waals surface area contributed by atoms with Crippen molar-refractivity contribution in [2.45, 2.75) is 45.2 Å². The summed E-state index contributed by atoms with van der Waals surface area (Å²) in [5.41, 5.74) is 2.00. The van der Waals surface area contributed by atoms with E-state index in [1.807, 2.05) is 6.92 Å². The molecule has 106 valence electrons. The monoisotopic (exact) mass is 282 g/mol. The van der Waals surface area contributed by atoms with Crippen LogP contribution in [0.5, 0.6) is 0 Å². The molecule has 0 bridgehead atoms. The first-order valence-electron chi connectivity index (χ1n) is 6.69. The zero-order valence-electron chi connectivity index (χ0n) is 11.7. The van der Waals surface area contributed by atoms with Crippen LogP contribution in [-0.4, -0.2) is 18.0 Å². The maximum Gasteiger partial charge on any atom is 0.240 e. The Bertz CT molecular complexity index is 411. The second-order valence-corrected chi connectivity index (χ2v) is 5.38. The van der Waals surface area contributed by atoms with E-state index >= 15 is 0 Å². The fourth-order valence-electron chi connectivity index (χ4n) is 2.33. The highest BCUT2D eigenvalue weighted by molar-refractivity contribution is 5.86. The van der Waals surface area contributed by atoms with Crippen molar-refractivity contribution in [1.82, 2.24) is 10.6 Å². The molecule has 1 unspecified atom stereocenters. The van der Waals surface area contributed by atoms with Gasteiger partial charge >= 0.3 is 0 Å². The van der Waals surface area contributed by atoms with Crippen molar-refractivity contribution in [2.24, 2.45) is 0 Å². The number of hydrogen-bond acceptors (Lipinski definition) is 2. The summed E-state index contributed by atoms with van der Waals surface area (Å²) in [7, 11) is 0. The predicted octanol–water partition coefficient (Wildman–Crippen LogP) is 2.57. The number of piperidine rings is 1. The molecule has 1 amide bonds. The number of rotatable bonds is 3. The van der Waals surface area contributed by atoms with E-state index in [1.165, 1.54) is 12.0 Å². The highest BCUT2D eigenvalue weighted by atomic mass is 35.5. The minimum atomic E-state index is -0.386. The van der Waals surface area contributed by atoms with Gasteiger partial charge in [0, 0.05) is 6.54 Å². The number of halogens is 1. The van der Waals surface area contributed by atoms with Crippen LogP contribution in [0.1, 0.15) is 37.3 Å². The predicted molar refractivity (Wildman–Crippen MR) is 80.5 cm³/mol. The number of aryl methyl sites for hydroxylation is 1. The Labute approximate surface area is 121 Å². The molecule has 3 nitrogen and oxygen atoms in total. The molecule has 0 aromatic heterocycles. The van der Waals surface area contributed by atoms with Gasteiger partial charge in [0.2, 0.25) is 5.91 Å². The van der Waals surface area contributed by atoms with Crippen molar-refractivity contribution in [1.29, 1.82) is 0 Å². The third-order valence-corrected chi connectivity index (χ3v) is 3.69. The van der Waals surface area contributed by atoms with E-state index in [2.05, 4.69) is 41.8 Å². The van der Waals surface area contributed by atoms with Crippen LogP contribution >= 0.6 is 12.4 Å². The molecule has 0 saturated carbocycles. The van der Waals surface area contributed by atoms with Crippen LogP contribution in [-0.2, 0) is 11.3 Å². The van der Waals surface area contributed by atoms with Gasteiger partial charge in [0.25, 0.3) is 0 Å². The molecule has 1 atom stereocenters. The average molecular weight is 283 g/mol. The maximum absolute atomic E-state index is 12.2. The molecule has 2 rings (SSSR count). The Morgan fingerprint density at radius 1 is 1.32 bits per heavy atom. The maximum atomic E-state index is 12.2. The molecular formula is C15H23ClN2O. The molecular weight excluding hydrogens is 260 g/mol. The Balaban J connectivity index is 0.00000180. The fourth-order valence-corrected chi connectivity index (χ4v) is 2.33. The van der Waals surface area contributed by atoms with E-state index < -0.39 is 0 Å². The van der Waals surface area contributed by atoms with Crippen molar-refractivity contribution in [3.8, 4) is 0 Å². The molecule has 4 heteroatoms. The highest BCUT2D eigenvalue weighted by Crippen LogP contribution is 2.18. The minimum absolute atomic E-state index is 0. The molecule has 1 aromatic rings. The summed E-state index contributed by atoms with van der Waals surface area (Å²) in [6, 6.07) is 8.27. The summed E-state index contributed by atoms with van der Waals surface area (Å²) >= 11 is 0. The van der Waals surface area contributed by atoms with E-state index in [0.717, 1.165) is 24.9 Å². The van der Waals surface area contributed by atoms with Gasteiger partial charge in [-0.05, 0) is 45.2 Å². The lowest BCUT2D eigenvalue weighted by molar-refractivity contribution is -0.128. The lowest BCUT2D eigenvalue weighted by Gasteiger charge is -2.33. The van der Waals surface area contributed by atoms with Crippen molar-refractivity contribution < 1.29 is 4.79 Å². The van der Waals surface area contributed by atoms with Crippen molar-refractivity contribution >= 4 is 18.3 Å². The van der Waals surface area contributed by atoms with Gasteiger partial charge in [-0.3, -0.25) is 4.79 Å². The molecule has 1 fully saturated rings. The highest BCUT2D eigenvalue weighted by Gasteiger charge is 2.33. The zero-order chi connectivity index (χ0) is 13.0. The molecule has 1 aromatic carbocycles. The summed E-state index contributed by atoms with van der Waals surface area (Å²) in [5.74, 6) is 0.114. The topological polar surface area (TPSA) is 41.1 Å². The van der Waals surface area contributed by atoms with Crippen molar-refractivity contribution in [2.75, 3.05) is 6.54 Å². The van der Waals surface area contributed by atoms with Crippen LogP contribution in [0.2, 0.25) is 0 Å². The zero-order valence-corrected chi connectivity index (χ0v) is 12.5. The number of amides is 1. The molecule has 1 aliphatic rings. The van der Waals surface area contributed by atoms with Crippen LogP contribution in [0.25, 0.3) is 0 Å². The molecule has 0 radical (unpaired) electrons. The standard InChI is InChI=1S/C15H22N2O.ClH/c1-12-5-7-13(8-6-12)11-16-14(18)15(2)9-3-4-10-17-15;/h5-8,17H,3-4,9-11H2,1-2H3,(H,16,18);1H. The third kappa shape index (κ3) is 4.22. The van der Waals surface area contributed by atoms with Crippen LogP contribution < -0.4 is 10.6 Å². The average Bonchev–Trinajstić information content (AvgIpc) is 2.38. The molecule has 1 aliphatic heterocycles. The van der Waals surface area contributed by atoms with Crippen LogP contribution in [0, 0.1) is 6.92 Å². The smallest absolute Gasteiger partial charge is 0.240 e. The third-order valence-electron chi connectivity index (χ3n) is 3.69. The van der Waals surface area contributed by atoms with Crippen molar-refractivity contribution in [3.05, 3.63) is 35.4 Å². The van der Waals surface area contributed by atoms with Gasteiger partial charge < -0.3 is 10.6 Å². The van der Waals surface area contributed by atoms with E-state index in [1.54, 1.807) is 0 Å². The lowest BCUT2D eigenvalue weighted by Crippen LogP contribution is -2.56. The molecule has 1 saturated heterocycles. The molecule has 2 N–H and O–H groups in total. The minimum Gasteiger partial charge on any atom is -0.350 e. The van der Waals surface area contributed by atoms with E-state index in [4.69, 9.17) is 0 Å². The molecule has 0 spiro atoms. The first kappa shape index (κ1) is 16.0. The summed E-state index contributed by atoms with van der Waals surface area (Å²) in [6.07, 6.45) is 3.22. The van der Waals surface area contributed by atoms with Gasteiger partial charge in [-0.25, -0.2) is 0 Å². The Hall–Kier alpha value is -1.06. The second-order valence-electron chi connectivity index (χ2n) is 5.38. The van der Waals surface area contributed by atoms with Crippen LogP contribution in [0.4, 0.5) is 0 Å². The second kappa shape index (κ2) is 6.92. The van der Waals surface area contributed by atoms with Gasteiger partial charge in [0.1, 0.15) is 0 Å². The quantitative estimate of drug-likeness (QED) is 0.895. The normalized spacial score (nSPS) is 22.4.